The first-order valence-corrected chi connectivity index (χ1v) is 8.65. The van der Waals surface area contributed by atoms with Crippen LogP contribution in [0.1, 0.15) is 18.2 Å². The van der Waals surface area contributed by atoms with Crippen molar-refractivity contribution in [2.24, 2.45) is 0 Å². The Morgan fingerprint density at radius 3 is 2.52 bits per heavy atom. The second-order valence-corrected chi connectivity index (χ2v) is 6.35. The molecule has 3 rings (SSSR count). The third-order valence-corrected chi connectivity index (χ3v) is 4.06. The lowest BCUT2D eigenvalue weighted by Crippen LogP contribution is -2.18. The van der Waals surface area contributed by atoms with Crippen molar-refractivity contribution < 1.29 is 0 Å². The minimum atomic E-state index is 0.559. The molecule has 0 atom stereocenters. The third kappa shape index (κ3) is 4.28. The smallest absolute Gasteiger partial charge is 0.229 e. The first kappa shape index (κ1) is 17.2. The van der Waals surface area contributed by atoms with E-state index in [4.69, 9.17) is 16.6 Å². The van der Waals surface area contributed by atoms with Gasteiger partial charge in [0.2, 0.25) is 5.95 Å². The topological polar surface area (TPSA) is 41.1 Å². The summed E-state index contributed by atoms with van der Waals surface area (Å²) in [6.07, 6.45) is 0. The summed E-state index contributed by atoms with van der Waals surface area (Å²) in [5, 5.41) is 3.91. The number of halogens is 1. The molecule has 0 aliphatic rings. The van der Waals surface area contributed by atoms with Crippen molar-refractivity contribution in [3.8, 4) is 0 Å². The van der Waals surface area contributed by atoms with Crippen molar-refractivity contribution in [3.63, 3.8) is 0 Å². The highest BCUT2D eigenvalue weighted by Crippen LogP contribution is 2.26. The fourth-order valence-corrected chi connectivity index (χ4v) is 2.90. The molecule has 0 saturated carbocycles. The van der Waals surface area contributed by atoms with E-state index in [0.717, 1.165) is 29.4 Å². The van der Waals surface area contributed by atoms with Crippen LogP contribution in [0.4, 0.5) is 23.1 Å². The number of hydrogen-bond donors (Lipinski definition) is 1. The largest absolute Gasteiger partial charge is 0.326 e. The van der Waals surface area contributed by atoms with Crippen molar-refractivity contribution >= 4 is 34.7 Å². The number of aryl methyl sites for hydroxylation is 2. The number of nitrogens with zero attached hydrogens (tertiary/aromatic N) is 3. The zero-order valence-electron chi connectivity index (χ0n) is 14.6. The zero-order valence-corrected chi connectivity index (χ0v) is 15.4. The van der Waals surface area contributed by atoms with Gasteiger partial charge in [-0.15, -0.1) is 0 Å². The molecule has 5 heteroatoms. The molecule has 0 amide bonds. The molecule has 0 spiro atoms. The average Bonchev–Trinajstić information content (AvgIpc) is 2.55. The molecule has 0 fully saturated rings. The lowest BCUT2D eigenvalue weighted by molar-refractivity contribution is 0.968. The maximum Gasteiger partial charge on any atom is 0.229 e. The van der Waals surface area contributed by atoms with E-state index < -0.39 is 0 Å². The van der Waals surface area contributed by atoms with Gasteiger partial charge in [-0.1, -0.05) is 29.8 Å². The number of nitrogens with one attached hydrogen (secondary N) is 1. The predicted octanol–water partition coefficient (Wildman–Crippen LogP) is 5.65. The fourth-order valence-electron chi connectivity index (χ4n) is 2.71. The number of anilines is 4. The van der Waals surface area contributed by atoms with Crippen molar-refractivity contribution in [1.29, 1.82) is 0 Å². The quantitative estimate of drug-likeness (QED) is 0.644. The molecule has 0 saturated heterocycles. The highest BCUT2D eigenvalue weighted by molar-refractivity contribution is 6.30. The van der Waals surface area contributed by atoms with Crippen LogP contribution >= 0.6 is 11.6 Å². The molecule has 4 nitrogen and oxygen atoms in total. The Morgan fingerprint density at radius 2 is 1.80 bits per heavy atom. The van der Waals surface area contributed by atoms with Crippen LogP contribution in [-0.4, -0.2) is 16.5 Å². The molecule has 0 radical (unpaired) electrons. The molecular weight excluding hydrogens is 332 g/mol. The number of rotatable bonds is 5. The Hall–Kier alpha value is -2.59. The second kappa shape index (κ2) is 7.53. The molecule has 1 heterocycles. The molecule has 0 unspecified atom stereocenters. The summed E-state index contributed by atoms with van der Waals surface area (Å²) in [5.41, 5.74) is 4.11. The predicted molar refractivity (Wildman–Crippen MR) is 105 cm³/mol. The summed E-state index contributed by atoms with van der Waals surface area (Å²) < 4.78 is 0. The number of aromatic nitrogens is 2. The van der Waals surface area contributed by atoms with Crippen LogP contribution in [0, 0.1) is 13.8 Å². The van der Waals surface area contributed by atoms with E-state index in [1.54, 1.807) is 0 Å². The molecule has 128 valence electrons. The molecule has 1 N–H and O–H groups in total. The molecule has 0 aliphatic heterocycles. The average molecular weight is 353 g/mol. The van der Waals surface area contributed by atoms with Gasteiger partial charge < -0.3 is 10.2 Å². The second-order valence-electron chi connectivity index (χ2n) is 5.91. The SMILES string of the molecule is CCN(c1cccc(C)c1)c1cc(C)nc(Nc2cccc(Cl)c2)n1. The van der Waals surface area contributed by atoms with E-state index in [1.807, 2.05) is 37.3 Å². The van der Waals surface area contributed by atoms with Gasteiger partial charge >= 0.3 is 0 Å². The van der Waals surface area contributed by atoms with Crippen LogP contribution in [0.15, 0.2) is 54.6 Å². The lowest BCUT2D eigenvalue weighted by atomic mass is 10.2. The van der Waals surface area contributed by atoms with Crippen LogP contribution in [0.3, 0.4) is 0 Å². The Balaban J connectivity index is 1.95. The zero-order chi connectivity index (χ0) is 17.8. The Labute approximate surface area is 153 Å². The van der Waals surface area contributed by atoms with E-state index in [9.17, 15) is 0 Å². The van der Waals surface area contributed by atoms with Gasteiger partial charge in [0.15, 0.2) is 0 Å². The van der Waals surface area contributed by atoms with Crippen LogP contribution < -0.4 is 10.2 Å². The summed E-state index contributed by atoms with van der Waals surface area (Å²) >= 11 is 6.05. The van der Waals surface area contributed by atoms with Gasteiger partial charge in [-0.25, -0.2) is 4.98 Å². The van der Waals surface area contributed by atoms with E-state index in [0.29, 0.717) is 11.0 Å². The first-order valence-electron chi connectivity index (χ1n) is 8.27. The van der Waals surface area contributed by atoms with Crippen molar-refractivity contribution in [2.75, 3.05) is 16.8 Å². The summed E-state index contributed by atoms with van der Waals surface area (Å²) in [4.78, 5) is 11.4. The van der Waals surface area contributed by atoms with Crippen molar-refractivity contribution in [1.82, 2.24) is 9.97 Å². The van der Waals surface area contributed by atoms with Crippen molar-refractivity contribution in [2.45, 2.75) is 20.8 Å². The molecular formula is C20H21ClN4. The maximum atomic E-state index is 6.05. The standard InChI is InChI=1S/C20H21ClN4/c1-4-25(18-10-5-7-14(2)11-18)19-12-15(3)22-20(24-19)23-17-9-6-8-16(21)13-17/h5-13H,4H2,1-3H3,(H,22,23,24). The van der Waals surface area contributed by atoms with E-state index in [-0.39, 0.29) is 0 Å². The monoisotopic (exact) mass is 352 g/mol. The van der Waals surface area contributed by atoms with Gasteiger partial charge in [-0.3, -0.25) is 0 Å². The summed E-state index contributed by atoms with van der Waals surface area (Å²) in [6, 6.07) is 17.9. The highest BCUT2D eigenvalue weighted by atomic mass is 35.5. The minimum absolute atomic E-state index is 0.559. The molecule has 3 aromatic rings. The minimum Gasteiger partial charge on any atom is -0.326 e. The molecule has 2 aromatic carbocycles. The molecule has 0 bridgehead atoms. The Kier molecular flexibility index (Phi) is 5.19. The molecule has 0 aliphatic carbocycles. The maximum absolute atomic E-state index is 6.05. The van der Waals surface area contributed by atoms with E-state index in [2.05, 4.69) is 53.3 Å². The van der Waals surface area contributed by atoms with Gasteiger partial charge in [0.05, 0.1) is 0 Å². The highest BCUT2D eigenvalue weighted by Gasteiger charge is 2.12. The van der Waals surface area contributed by atoms with Gasteiger partial charge in [-0.05, 0) is 56.7 Å². The Morgan fingerprint density at radius 1 is 1.00 bits per heavy atom. The van der Waals surface area contributed by atoms with Gasteiger partial charge in [-0.2, -0.15) is 4.98 Å². The molecule has 25 heavy (non-hydrogen) atoms. The van der Waals surface area contributed by atoms with E-state index in [1.165, 1.54) is 5.56 Å². The van der Waals surface area contributed by atoms with Crippen molar-refractivity contribution in [3.05, 3.63) is 70.9 Å². The van der Waals surface area contributed by atoms with Crippen LogP contribution in [0.2, 0.25) is 5.02 Å². The van der Waals surface area contributed by atoms with E-state index >= 15 is 0 Å². The summed E-state index contributed by atoms with van der Waals surface area (Å²) in [6.45, 7) is 6.99. The van der Waals surface area contributed by atoms with Crippen LogP contribution in [0.5, 0.6) is 0 Å². The van der Waals surface area contributed by atoms with Gasteiger partial charge in [0.25, 0.3) is 0 Å². The number of hydrogen-bond acceptors (Lipinski definition) is 4. The van der Waals surface area contributed by atoms with Gasteiger partial charge in [0.1, 0.15) is 5.82 Å². The molecule has 1 aromatic heterocycles. The van der Waals surface area contributed by atoms with Crippen LogP contribution in [0.25, 0.3) is 0 Å². The normalized spacial score (nSPS) is 10.6. The third-order valence-electron chi connectivity index (χ3n) is 3.83. The Bertz CT molecular complexity index is 879. The van der Waals surface area contributed by atoms with Gasteiger partial charge in [0, 0.05) is 34.7 Å². The summed E-state index contributed by atoms with van der Waals surface area (Å²) in [7, 11) is 0. The fraction of sp³-hybridized carbons (Fsp3) is 0.200. The van der Waals surface area contributed by atoms with Crippen LogP contribution in [-0.2, 0) is 0 Å². The number of benzene rings is 2. The first-order chi connectivity index (χ1) is 12.0. The lowest BCUT2D eigenvalue weighted by Gasteiger charge is -2.23. The summed E-state index contributed by atoms with van der Waals surface area (Å²) in [5.74, 6) is 1.42.